The van der Waals surface area contributed by atoms with Crippen LogP contribution in [0.15, 0.2) is 30.3 Å². The summed E-state index contributed by atoms with van der Waals surface area (Å²) in [6, 6.07) is 7.46. The van der Waals surface area contributed by atoms with Crippen LogP contribution in [-0.4, -0.2) is 99.7 Å². The van der Waals surface area contributed by atoms with Crippen molar-refractivity contribution in [2.24, 2.45) is 0 Å². The molecule has 0 aliphatic carbocycles. The van der Waals surface area contributed by atoms with E-state index in [9.17, 15) is 35.5 Å². The number of carbonyl (C=O) groups excluding carboxylic acids is 2. The third kappa shape index (κ3) is 36.4. The van der Waals surface area contributed by atoms with Crippen molar-refractivity contribution in [1.29, 1.82) is 0 Å². The Kier molecular flexibility index (Phi) is 43.9. The third-order valence-electron chi connectivity index (χ3n) is 14.6. The summed E-state index contributed by atoms with van der Waals surface area (Å²) in [6.45, 7) is 6.20. The number of unbranched alkanes of at least 4 members (excludes halogenated alkanes) is 32. The van der Waals surface area contributed by atoms with Crippen LogP contribution in [0.5, 0.6) is 0 Å². The summed E-state index contributed by atoms with van der Waals surface area (Å²) in [6.07, 6.45) is 33.1. The molecule has 7 atom stereocenters. The minimum absolute atomic E-state index is 0. The van der Waals surface area contributed by atoms with Gasteiger partial charge in [-0.15, -0.1) is 0 Å². The molecule has 0 spiro atoms. The van der Waals surface area contributed by atoms with E-state index in [0.717, 1.165) is 51.4 Å². The topological polar surface area (TPSA) is 225 Å². The number of hydrogen-bond donors (Lipinski definition) is 1. The molecule has 0 saturated carbocycles. The number of hydrogen-bond acceptors (Lipinski definition) is 15. The van der Waals surface area contributed by atoms with E-state index in [0.29, 0.717) is 24.8 Å². The molecule has 2 saturated heterocycles. The van der Waals surface area contributed by atoms with E-state index < -0.39 is 88.6 Å². The van der Waals surface area contributed by atoms with Gasteiger partial charge in [0.25, 0.3) is 0 Å². The predicted octanol–water partition coefficient (Wildman–Crippen LogP) is 7.37. The molecule has 3 rings (SSSR count). The second-order valence-electron chi connectivity index (χ2n) is 21.9. The van der Waals surface area contributed by atoms with Gasteiger partial charge in [-0.3, -0.25) is 13.2 Å². The van der Waals surface area contributed by atoms with Gasteiger partial charge in [0, 0.05) is 6.42 Å². The Morgan fingerprint density at radius 1 is 0.590 bits per heavy atom. The molecule has 1 N–H and O–H groups in total. The average molecular weight is 1160 g/mol. The Hall–Kier alpha value is -0.260. The first-order valence-corrected chi connectivity index (χ1v) is 32.6. The van der Waals surface area contributed by atoms with E-state index in [1.54, 1.807) is 30.3 Å². The Labute approximate surface area is 517 Å². The molecular formula is C58H101NNa2O15S2. The molecule has 1 amide bonds. The summed E-state index contributed by atoms with van der Waals surface area (Å²) in [5.41, 5.74) is 0.302. The van der Waals surface area contributed by atoms with Gasteiger partial charge in [-0.05, 0) is 45.2 Å². The van der Waals surface area contributed by atoms with E-state index in [2.05, 4.69) is 23.3 Å². The van der Waals surface area contributed by atoms with E-state index in [-0.39, 0.29) is 71.4 Å². The van der Waals surface area contributed by atoms with Crippen molar-refractivity contribution in [3.63, 3.8) is 0 Å². The summed E-state index contributed by atoms with van der Waals surface area (Å²) < 4.78 is 111. The van der Waals surface area contributed by atoms with E-state index in [1.807, 2.05) is 0 Å². The van der Waals surface area contributed by atoms with E-state index in [4.69, 9.17) is 27.9 Å². The van der Waals surface area contributed by atoms with Gasteiger partial charge in [0.05, 0.1) is 24.8 Å². The van der Waals surface area contributed by atoms with E-state index in [1.165, 1.54) is 168 Å². The number of benzene rings is 1. The van der Waals surface area contributed by atoms with Crippen molar-refractivity contribution < 1.29 is 127 Å². The molecule has 20 heteroatoms. The maximum Gasteiger partial charge on any atom is 1.00 e. The monoisotopic (exact) mass is 1160 g/mol. The zero-order valence-corrected chi connectivity index (χ0v) is 54.9. The first-order chi connectivity index (χ1) is 36.5. The van der Waals surface area contributed by atoms with Gasteiger partial charge in [-0.1, -0.05) is 238 Å². The van der Waals surface area contributed by atoms with Gasteiger partial charge >= 0.3 is 65.1 Å². The molecule has 78 heavy (non-hydrogen) atoms. The van der Waals surface area contributed by atoms with Crippen LogP contribution in [0.2, 0.25) is 0 Å². The third-order valence-corrected chi connectivity index (χ3v) is 15.5. The molecular weight excluding hydrogens is 1060 g/mol. The molecule has 0 unspecified atom stereocenters. The number of ether oxygens (including phenoxy) is 5. The largest absolute Gasteiger partial charge is 1.00 e. The first-order valence-electron chi connectivity index (χ1n) is 29.9. The fraction of sp³-hybridized carbons (Fsp3) is 0.862. The van der Waals surface area contributed by atoms with Crippen LogP contribution in [0, 0.1) is 0 Å². The van der Waals surface area contributed by atoms with Crippen molar-refractivity contribution in [2.45, 2.75) is 307 Å². The van der Waals surface area contributed by atoms with Crippen LogP contribution in [0.4, 0.5) is 0 Å². The fourth-order valence-corrected chi connectivity index (χ4v) is 11.2. The summed E-state index contributed by atoms with van der Waals surface area (Å²) in [5, 5.41) is 3.03. The molecule has 1 aromatic rings. The van der Waals surface area contributed by atoms with Crippen LogP contribution in [0.25, 0.3) is 0 Å². The average Bonchev–Trinajstić information content (AvgIpc) is 3.72. The maximum atomic E-state index is 13.8. The summed E-state index contributed by atoms with van der Waals surface area (Å²) >= 11 is 0. The number of carbonyl (C=O) groups is 2. The molecule has 16 nitrogen and oxygen atoms in total. The fourth-order valence-electron chi connectivity index (χ4n) is 10.4. The van der Waals surface area contributed by atoms with Gasteiger partial charge < -0.3 is 38.1 Å². The van der Waals surface area contributed by atoms with Gasteiger partial charge in [0.2, 0.25) is 26.7 Å². The molecule has 1 aromatic carbocycles. The summed E-state index contributed by atoms with van der Waals surface area (Å²) in [4.78, 5) is 27.5. The normalized spacial score (nSPS) is 19.8. The minimum Gasteiger partial charge on any atom is -0.726 e. The predicted molar refractivity (Wildman–Crippen MR) is 294 cm³/mol. The Morgan fingerprint density at radius 3 is 1.42 bits per heavy atom. The van der Waals surface area contributed by atoms with E-state index >= 15 is 0 Å². The SMILES string of the molecule is CCCCCCCCCCCCCCCCCCCCCCCC(=O)N[C@@H](CO[C@@H]1O[C@H](COS(=O)(=O)[O-])[C@@H]2OC(C)(C)O[C@@H]2[C@H]1OS(=O)(=O)[O-])[C@@H](CCCCCCCCCCCCCCC)OC(=O)c1ccccc1.[Na+].[Na+]. The number of rotatable bonds is 48. The number of amides is 1. The maximum absolute atomic E-state index is 13.8. The Bertz CT molecular complexity index is 1880. The van der Waals surface area contributed by atoms with Gasteiger partial charge in [0.15, 0.2) is 18.2 Å². The quantitative estimate of drug-likeness (QED) is 0.0221. The van der Waals surface area contributed by atoms with Crippen LogP contribution >= 0.6 is 0 Å². The Balaban J connectivity index is 0.0000152. The van der Waals surface area contributed by atoms with Crippen molar-refractivity contribution in [1.82, 2.24) is 5.32 Å². The Morgan fingerprint density at radius 2 is 1.00 bits per heavy atom. The van der Waals surface area contributed by atoms with Crippen LogP contribution < -0.4 is 64.4 Å². The zero-order chi connectivity index (χ0) is 55.3. The molecule has 0 aromatic heterocycles. The van der Waals surface area contributed by atoms with Gasteiger partial charge in [-0.2, -0.15) is 0 Å². The number of nitrogens with one attached hydrogen (secondary N) is 1. The van der Waals surface area contributed by atoms with Crippen molar-refractivity contribution in [3.8, 4) is 0 Å². The van der Waals surface area contributed by atoms with Crippen molar-refractivity contribution in [2.75, 3.05) is 13.2 Å². The van der Waals surface area contributed by atoms with Gasteiger partial charge in [-0.25, -0.2) is 21.6 Å². The van der Waals surface area contributed by atoms with Gasteiger partial charge in [0.1, 0.15) is 24.4 Å². The molecule has 2 aliphatic heterocycles. The molecule has 0 radical (unpaired) electrons. The second-order valence-corrected chi connectivity index (χ2v) is 24.0. The number of esters is 1. The van der Waals surface area contributed by atoms with Crippen LogP contribution in [0.3, 0.4) is 0 Å². The number of fused-ring (bicyclic) bond motifs is 1. The second kappa shape index (κ2) is 45.2. The van der Waals surface area contributed by atoms with Crippen LogP contribution in [0.1, 0.15) is 269 Å². The molecule has 2 heterocycles. The zero-order valence-electron chi connectivity index (χ0n) is 49.2. The summed E-state index contributed by atoms with van der Waals surface area (Å²) in [5.74, 6) is -2.32. The molecule has 2 fully saturated rings. The summed E-state index contributed by atoms with van der Waals surface area (Å²) in [7, 11) is -10.6. The van der Waals surface area contributed by atoms with Crippen molar-refractivity contribution >= 4 is 32.7 Å². The first kappa shape index (κ1) is 75.8. The smallest absolute Gasteiger partial charge is 0.726 e. The molecule has 0 bridgehead atoms. The minimum atomic E-state index is -5.43. The molecule has 2 aliphatic rings. The van der Waals surface area contributed by atoms with Crippen LogP contribution in [-0.2, 0) is 57.6 Å². The van der Waals surface area contributed by atoms with Crippen molar-refractivity contribution in [3.05, 3.63) is 35.9 Å². The molecule has 442 valence electrons. The standard InChI is InChI=1S/C58H103NO15S2.2Na/c1-5-7-9-11-13-15-17-19-20-21-22-23-24-25-26-28-30-32-34-36-41-45-52(60)59-49(46-68-57-55(74-76(65,66)67)54-53(72-58(3,4)73-54)51(71-57)47-69-75(62,63)64)50(70-56(61)48-42-38-37-39-43-48)44-40-35-33-31-29-27-18-16-14-12-10-8-6-2;;/h37-39,42-43,49-51,53-55,57H,5-36,40-41,44-47H2,1-4H3,(H,59,60)(H,62,63,64)(H,65,66,67);;/q;2*+1/p-2/t49-,50+,51+,53-,54-,55+,57+;;/m0../s1.